The second-order valence-corrected chi connectivity index (χ2v) is 5.03. The van der Waals surface area contributed by atoms with Crippen LogP contribution >= 0.6 is 0 Å². The van der Waals surface area contributed by atoms with Gasteiger partial charge >= 0.3 is 5.97 Å². The molecule has 0 amide bonds. The lowest BCUT2D eigenvalue weighted by atomic mass is 9.84. The third kappa shape index (κ3) is 1.84. The molecular weight excluding hydrogens is 214 g/mol. The van der Waals surface area contributed by atoms with Crippen molar-refractivity contribution < 1.29 is 9.90 Å². The number of likely N-dealkylation sites (tertiary alicyclic amines) is 1. The van der Waals surface area contributed by atoms with Gasteiger partial charge in [0.15, 0.2) is 0 Å². The largest absolute Gasteiger partial charge is 0.478 e. The molecule has 1 fully saturated rings. The molecule has 17 heavy (non-hydrogen) atoms. The number of carboxylic acid groups (broad SMARTS) is 1. The van der Waals surface area contributed by atoms with Gasteiger partial charge in [-0.2, -0.15) is 0 Å². The fourth-order valence-corrected chi connectivity index (χ4v) is 3.01. The molecule has 3 nitrogen and oxygen atoms in total. The van der Waals surface area contributed by atoms with Crippen LogP contribution in [0.1, 0.15) is 34.3 Å². The van der Waals surface area contributed by atoms with E-state index >= 15 is 0 Å². The molecule has 1 aromatic rings. The molecular formula is C14H17NO2. The molecule has 0 bridgehead atoms. The van der Waals surface area contributed by atoms with Crippen molar-refractivity contribution in [3.63, 3.8) is 0 Å². The van der Waals surface area contributed by atoms with Crippen LogP contribution in [-0.4, -0.2) is 35.1 Å². The first-order valence-electron chi connectivity index (χ1n) is 6.34. The van der Waals surface area contributed by atoms with Gasteiger partial charge < -0.3 is 5.11 Å². The van der Waals surface area contributed by atoms with Crippen LogP contribution < -0.4 is 0 Å². The fourth-order valence-electron chi connectivity index (χ4n) is 3.01. The highest BCUT2D eigenvalue weighted by Gasteiger charge is 2.29. The van der Waals surface area contributed by atoms with E-state index in [2.05, 4.69) is 11.0 Å². The first-order chi connectivity index (χ1) is 8.25. The van der Waals surface area contributed by atoms with Gasteiger partial charge in [0.25, 0.3) is 0 Å². The molecule has 1 aliphatic heterocycles. The van der Waals surface area contributed by atoms with Gasteiger partial charge in [-0.25, -0.2) is 4.79 Å². The summed E-state index contributed by atoms with van der Waals surface area (Å²) >= 11 is 0. The number of fused-ring (bicyclic) bond motifs is 1. The summed E-state index contributed by atoms with van der Waals surface area (Å²) in [6.07, 6.45) is 4.37. The Labute approximate surface area is 101 Å². The molecule has 1 atom stereocenters. The smallest absolute Gasteiger partial charge is 0.335 e. The number of hydrogen-bond acceptors (Lipinski definition) is 2. The number of carbonyl (C=O) groups is 1. The summed E-state index contributed by atoms with van der Waals surface area (Å²) in [6.45, 7) is 2.44. The van der Waals surface area contributed by atoms with E-state index in [4.69, 9.17) is 5.11 Å². The highest BCUT2D eigenvalue weighted by Crippen LogP contribution is 2.29. The molecule has 1 N–H and O–H groups in total. The molecule has 1 saturated heterocycles. The third-order valence-electron chi connectivity index (χ3n) is 4.09. The number of rotatable bonds is 2. The van der Waals surface area contributed by atoms with Crippen molar-refractivity contribution in [1.82, 2.24) is 4.90 Å². The highest BCUT2D eigenvalue weighted by atomic mass is 16.4. The van der Waals surface area contributed by atoms with Crippen LogP contribution in [0.5, 0.6) is 0 Å². The minimum absolute atomic E-state index is 0.504. The summed E-state index contributed by atoms with van der Waals surface area (Å²) in [4.78, 5) is 13.7. The van der Waals surface area contributed by atoms with E-state index in [9.17, 15) is 4.79 Å². The molecule has 90 valence electrons. The standard InChI is InChI=1S/C14H17NO2/c16-14(17)13-4-1-3-10-9-11(5-6-12(10)13)15-7-2-8-15/h1,3-4,11H,2,5-9H2,(H,16,17). The van der Waals surface area contributed by atoms with Gasteiger partial charge in [-0.3, -0.25) is 4.90 Å². The Bertz CT molecular complexity index is 452. The van der Waals surface area contributed by atoms with E-state index in [1.165, 1.54) is 25.1 Å². The lowest BCUT2D eigenvalue weighted by Gasteiger charge is -2.41. The Kier molecular flexibility index (Phi) is 2.63. The molecule has 1 aliphatic carbocycles. The van der Waals surface area contributed by atoms with Gasteiger partial charge in [0.05, 0.1) is 5.56 Å². The quantitative estimate of drug-likeness (QED) is 0.845. The third-order valence-corrected chi connectivity index (χ3v) is 4.09. The second kappa shape index (κ2) is 4.15. The van der Waals surface area contributed by atoms with Crippen LogP contribution in [-0.2, 0) is 12.8 Å². The molecule has 2 aliphatic rings. The summed E-state index contributed by atoms with van der Waals surface area (Å²) < 4.78 is 0. The van der Waals surface area contributed by atoms with Crippen LogP contribution in [0.3, 0.4) is 0 Å². The van der Waals surface area contributed by atoms with Crippen molar-refractivity contribution in [3.8, 4) is 0 Å². The van der Waals surface area contributed by atoms with Crippen molar-refractivity contribution >= 4 is 5.97 Å². The maximum Gasteiger partial charge on any atom is 0.335 e. The Morgan fingerprint density at radius 2 is 2.18 bits per heavy atom. The molecule has 1 heterocycles. The predicted octanol–water partition coefficient (Wildman–Crippen LogP) is 1.95. The maximum absolute atomic E-state index is 11.1. The Hall–Kier alpha value is -1.35. The predicted molar refractivity (Wildman–Crippen MR) is 65.4 cm³/mol. The minimum atomic E-state index is -0.788. The summed E-state index contributed by atoms with van der Waals surface area (Å²) in [7, 11) is 0. The molecule has 0 spiro atoms. The van der Waals surface area contributed by atoms with Crippen molar-refractivity contribution in [2.24, 2.45) is 0 Å². The van der Waals surface area contributed by atoms with Crippen LogP contribution in [0.15, 0.2) is 18.2 Å². The summed E-state index contributed by atoms with van der Waals surface area (Å²) in [5.74, 6) is -0.788. The first-order valence-corrected chi connectivity index (χ1v) is 6.34. The summed E-state index contributed by atoms with van der Waals surface area (Å²) in [6, 6.07) is 6.33. The Morgan fingerprint density at radius 1 is 1.35 bits per heavy atom. The highest BCUT2D eigenvalue weighted by molar-refractivity contribution is 5.89. The van der Waals surface area contributed by atoms with E-state index in [-0.39, 0.29) is 0 Å². The number of hydrogen-bond donors (Lipinski definition) is 1. The molecule has 0 aromatic heterocycles. The van der Waals surface area contributed by atoms with E-state index in [1.54, 1.807) is 6.07 Å². The maximum atomic E-state index is 11.1. The molecule has 0 radical (unpaired) electrons. The minimum Gasteiger partial charge on any atom is -0.478 e. The van der Waals surface area contributed by atoms with Crippen LogP contribution in [0, 0.1) is 0 Å². The Morgan fingerprint density at radius 3 is 2.82 bits per heavy atom. The molecule has 1 aromatic carbocycles. The van der Waals surface area contributed by atoms with Crippen molar-refractivity contribution in [2.75, 3.05) is 13.1 Å². The lowest BCUT2D eigenvalue weighted by Crippen LogP contribution is -2.47. The van der Waals surface area contributed by atoms with Crippen molar-refractivity contribution in [1.29, 1.82) is 0 Å². The van der Waals surface area contributed by atoms with Crippen molar-refractivity contribution in [2.45, 2.75) is 31.7 Å². The fraction of sp³-hybridized carbons (Fsp3) is 0.500. The zero-order chi connectivity index (χ0) is 11.8. The summed E-state index contributed by atoms with van der Waals surface area (Å²) in [5.41, 5.74) is 2.81. The van der Waals surface area contributed by atoms with Crippen molar-refractivity contribution in [3.05, 3.63) is 34.9 Å². The number of carboxylic acids is 1. The van der Waals surface area contributed by atoms with Gasteiger partial charge in [0, 0.05) is 6.04 Å². The Balaban J connectivity index is 1.87. The number of aromatic carboxylic acids is 1. The molecule has 0 saturated carbocycles. The van der Waals surface area contributed by atoms with Gasteiger partial charge in [-0.15, -0.1) is 0 Å². The number of benzene rings is 1. The van der Waals surface area contributed by atoms with Gasteiger partial charge in [0.1, 0.15) is 0 Å². The lowest BCUT2D eigenvalue weighted by molar-refractivity contribution is 0.0693. The zero-order valence-corrected chi connectivity index (χ0v) is 9.85. The van der Waals surface area contributed by atoms with E-state index < -0.39 is 5.97 Å². The molecule has 1 unspecified atom stereocenters. The van der Waals surface area contributed by atoms with Crippen LogP contribution in [0.4, 0.5) is 0 Å². The average molecular weight is 231 g/mol. The SMILES string of the molecule is O=C(O)c1cccc2c1CCC(N1CCC1)C2. The van der Waals surface area contributed by atoms with Crippen LogP contribution in [0.2, 0.25) is 0 Å². The van der Waals surface area contributed by atoms with Gasteiger partial charge in [-0.05, 0) is 56.0 Å². The topological polar surface area (TPSA) is 40.5 Å². The first kappa shape index (κ1) is 10.8. The normalized spacial score (nSPS) is 23.9. The van der Waals surface area contributed by atoms with Gasteiger partial charge in [0.2, 0.25) is 0 Å². The van der Waals surface area contributed by atoms with Gasteiger partial charge in [-0.1, -0.05) is 12.1 Å². The number of nitrogens with zero attached hydrogens (tertiary/aromatic N) is 1. The zero-order valence-electron chi connectivity index (χ0n) is 9.85. The average Bonchev–Trinajstić information content (AvgIpc) is 2.25. The van der Waals surface area contributed by atoms with Crippen LogP contribution in [0.25, 0.3) is 0 Å². The molecule has 3 heteroatoms. The second-order valence-electron chi connectivity index (χ2n) is 5.03. The van der Waals surface area contributed by atoms with E-state index in [0.29, 0.717) is 11.6 Å². The molecule has 3 rings (SSSR count). The van der Waals surface area contributed by atoms with E-state index in [0.717, 1.165) is 24.8 Å². The summed E-state index contributed by atoms with van der Waals surface area (Å²) in [5, 5.41) is 9.16. The van der Waals surface area contributed by atoms with E-state index in [1.807, 2.05) is 6.07 Å². The monoisotopic (exact) mass is 231 g/mol.